The van der Waals surface area contributed by atoms with E-state index in [0.717, 1.165) is 6.42 Å². The molecule has 11 nitrogen and oxygen atoms in total. The average Bonchev–Trinajstić information content (AvgIpc) is 3.32. The minimum absolute atomic E-state index is 0.00213. The summed E-state index contributed by atoms with van der Waals surface area (Å²) in [4.78, 5) is 49.8. The molecular formula is C23H34N4O7. The molecule has 1 aliphatic rings. The van der Waals surface area contributed by atoms with Crippen molar-refractivity contribution in [1.29, 1.82) is 0 Å². The third-order valence-electron chi connectivity index (χ3n) is 5.52. The van der Waals surface area contributed by atoms with Crippen molar-refractivity contribution in [3.8, 4) is 5.75 Å². The first-order valence-corrected chi connectivity index (χ1v) is 11.4. The molecule has 11 heteroatoms. The van der Waals surface area contributed by atoms with E-state index in [-0.39, 0.29) is 24.5 Å². The van der Waals surface area contributed by atoms with E-state index in [1.165, 1.54) is 12.1 Å². The number of amides is 3. The number of aliphatic hydroxyl groups is 1. The summed E-state index contributed by atoms with van der Waals surface area (Å²) in [5.41, 5.74) is 0.605. The molecule has 1 aliphatic heterocycles. The number of aliphatic carboxylic acids is 1. The van der Waals surface area contributed by atoms with Crippen LogP contribution in [0, 0.1) is 5.92 Å². The summed E-state index contributed by atoms with van der Waals surface area (Å²) in [5, 5.41) is 39.1. The molecule has 0 radical (unpaired) electrons. The van der Waals surface area contributed by atoms with Gasteiger partial charge in [-0.1, -0.05) is 26.0 Å². The number of hydrogen-bond donors (Lipinski definition) is 7. The number of aliphatic hydroxyl groups excluding tert-OH is 1. The first kappa shape index (κ1) is 27.1. The van der Waals surface area contributed by atoms with Crippen molar-refractivity contribution >= 4 is 23.7 Å². The number of benzene rings is 1. The van der Waals surface area contributed by atoms with Gasteiger partial charge in [-0.25, -0.2) is 4.79 Å². The molecule has 4 atom stereocenters. The van der Waals surface area contributed by atoms with Crippen molar-refractivity contribution in [2.75, 3.05) is 13.2 Å². The van der Waals surface area contributed by atoms with Crippen LogP contribution < -0.4 is 21.3 Å². The van der Waals surface area contributed by atoms with Gasteiger partial charge in [0.1, 0.15) is 23.9 Å². The molecule has 0 saturated carbocycles. The van der Waals surface area contributed by atoms with Gasteiger partial charge in [-0.2, -0.15) is 0 Å². The second-order valence-electron chi connectivity index (χ2n) is 8.85. The van der Waals surface area contributed by atoms with Gasteiger partial charge in [-0.3, -0.25) is 14.4 Å². The zero-order chi connectivity index (χ0) is 25.3. The third kappa shape index (κ3) is 8.31. The van der Waals surface area contributed by atoms with Crippen molar-refractivity contribution < 1.29 is 34.5 Å². The fraction of sp³-hybridized carbons (Fsp3) is 0.565. The third-order valence-corrected chi connectivity index (χ3v) is 5.52. The Kier molecular flexibility index (Phi) is 10.3. The molecule has 1 saturated heterocycles. The van der Waals surface area contributed by atoms with Crippen LogP contribution in [0.4, 0.5) is 0 Å². The molecule has 7 N–H and O–H groups in total. The number of carbonyl (C=O) groups is 4. The fourth-order valence-electron chi connectivity index (χ4n) is 3.69. The maximum absolute atomic E-state index is 13.0. The molecule has 0 aliphatic carbocycles. The van der Waals surface area contributed by atoms with Crippen LogP contribution in [0.2, 0.25) is 0 Å². The Morgan fingerprint density at radius 3 is 2.15 bits per heavy atom. The highest BCUT2D eigenvalue weighted by atomic mass is 16.4. The fourth-order valence-corrected chi connectivity index (χ4v) is 3.69. The van der Waals surface area contributed by atoms with Gasteiger partial charge in [0, 0.05) is 6.42 Å². The topological polar surface area (TPSA) is 177 Å². The van der Waals surface area contributed by atoms with Crippen LogP contribution in [0.1, 0.15) is 38.7 Å². The van der Waals surface area contributed by atoms with E-state index >= 15 is 0 Å². The molecule has 3 amide bonds. The first-order chi connectivity index (χ1) is 16.1. The summed E-state index contributed by atoms with van der Waals surface area (Å²) in [6.45, 7) is 3.66. The lowest BCUT2D eigenvalue weighted by Gasteiger charge is -2.25. The predicted molar refractivity (Wildman–Crippen MR) is 123 cm³/mol. The normalized spacial score (nSPS) is 18.1. The number of phenols is 1. The SMILES string of the molecule is CC(C)CC(NC(=O)C(Cc1ccc(O)cc1)NC(=O)C(CO)NC(=O)C1CCCN1)C(=O)O. The van der Waals surface area contributed by atoms with Crippen LogP contribution in [0.25, 0.3) is 0 Å². The second-order valence-corrected chi connectivity index (χ2v) is 8.85. The number of rotatable bonds is 12. The minimum Gasteiger partial charge on any atom is -0.508 e. The summed E-state index contributed by atoms with van der Waals surface area (Å²) >= 11 is 0. The highest BCUT2D eigenvalue weighted by Gasteiger charge is 2.31. The number of carboxylic acids is 1. The highest BCUT2D eigenvalue weighted by molar-refractivity contribution is 5.94. The van der Waals surface area contributed by atoms with Crippen LogP contribution in [0.3, 0.4) is 0 Å². The van der Waals surface area contributed by atoms with Gasteiger partial charge in [0.15, 0.2) is 0 Å². The largest absolute Gasteiger partial charge is 0.508 e. The molecule has 34 heavy (non-hydrogen) atoms. The maximum atomic E-state index is 13.0. The Morgan fingerprint density at radius 1 is 1.00 bits per heavy atom. The summed E-state index contributed by atoms with van der Waals surface area (Å²) < 4.78 is 0. The molecular weight excluding hydrogens is 444 g/mol. The lowest BCUT2D eigenvalue weighted by atomic mass is 10.0. The van der Waals surface area contributed by atoms with E-state index in [9.17, 15) is 34.5 Å². The Bertz CT molecular complexity index is 853. The van der Waals surface area contributed by atoms with Crippen molar-refractivity contribution in [2.45, 2.75) is 63.7 Å². The first-order valence-electron chi connectivity index (χ1n) is 11.4. The van der Waals surface area contributed by atoms with Gasteiger partial charge in [0.05, 0.1) is 12.6 Å². The molecule has 1 aromatic carbocycles. The molecule has 1 heterocycles. The van der Waals surface area contributed by atoms with Gasteiger partial charge in [-0.05, 0) is 49.4 Å². The smallest absolute Gasteiger partial charge is 0.326 e. The lowest BCUT2D eigenvalue weighted by Crippen LogP contribution is -2.58. The summed E-state index contributed by atoms with van der Waals surface area (Å²) in [6.07, 6.45) is 1.64. The van der Waals surface area contributed by atoms with Gasteiger partial charge in [0.25, 0.3) is 0 Å². The Morgan fingerprint density at radius 2 is 1.62 bits per heavy atom. The second kappa shape index (κ2) is 12.9. The molecule has 188 valence electrons. The van der Waals surface area contributed by atoms with Crippen molar-refractivity contribution in [1.82, 2.24) is 21.3 Å². The molecule has 2 rings (SSSR count). The quantitative estimate of drug-likeness (QED) is 0.205. The minimum atomic E-state index is -1.28. The molecule has 4 unspecified atom stereocenters. The van der Waals surface area contributed by atoms with Crippen LogP contribution in [-0.2, 0) is 25.6 Å². The zero-order valence-corrected chi connectivity index (χ0v) is 19.4. The van der Waals surface area contributed by atoms with Gasteiger partial charge < -0.3 is 36.6 Å². The van der Waals surface area contributed by atoms with Crippen molar-refractivity contribution in [3.63, 3.8) is 0 Å². The van der Waals surface area contributed by atoms with Crippen molar-refractivity contribution in [2.24, 2.45) is 5.92 Å². The van der Waals surface area contributed by atoms with Crippen molar-refractivity contribution in [3.05, 3.63) is 29.8 Å². The monoisotopic (exact) mass is 478 g/mol. The Balaban J connectivity index is 2.15. The molecule has 0 spiro atoms. The van der Waals surface area contributed by atoms with E-state index in [4.69, 9.17) is 0 Å². The van der Waals surface area contributed by atoms with E-state index in [1.807, 2.05) is 13.8 Å². The number of phenolic OH excluding ortho intramolecular Hbond substituents is 1. The number of carboxylic acid groups (broad SMARTS) is 1. The highest BCUT2D eigenvalue weighted by Crippen LogP contribution is 2.13. The van der Waals surface area contributed by atoms with Crippen LogP contribution in [0.5, 0.6) is 5.75 Å². The van der Waals surface area contributed by atoms with E-state index in [0.29, 0.717) is 18.5 Å². The number of aromatic hydroxyl groups is 1. The number of nitrogens with one attached hydrogen (secondary N) is 4. The summed E-state index contributed by atoms with van der Waals surface area (Å²) in [7, 11) is 0. The van der Waals surface area contributed by atoms with Gasteiger partial charge in [0.2, 0.25) is 17.7 Å². The average molecular weight is 479 g/mol. The molecule has 0 aromatic heterocycles. The molecule has 1 fully saturated rings. The maximum Gasteiger partial charge on any atom is 0.326 e. The van der Waals surface area contributed by atoms with Crippen LogP contribution in [-0.4, -0.2) is 76.3 Å². The van der Waals surface area contributed by atoms with Gasteiger partial charge in [-0.15, -0.1) is 0 Å². The van der Waals surface area contributed by atoms with E-state index in [1.54, 1.807) is 12.1 Å². The van der Waals surface area contributed by atoms with Crippen LogP contribution >= 0.6 is 0 Å². The number of hydrogen-bond acceptors (Lipinski definition) is 7. The standard InChI is InChI=1S/C23H34N4O7/c1-13(2)10-18(23(33)34)26-21(31)17(11-14-5-7-15(29)8-6-14)25-22(32)19(12-28)27-20(30)16-4-3-9-24-16/h5-8,13,16-19,24,28-29H,3-4,9-12H2,1-2H3,(H,25,32)(H,26,31)(H,27,30)(H,33,34). The Hall–Kier alpha value is -3.18. The summed E-state index contributed by atoms with van der Waals surface area (Å²) in [6, 6.07) is 1.94. The lowest BCUT2D eigenvalue weighted by molar-refractivity contribution is -0.142. The van der Waals surface area contributed by atoms with E-state index in [2.05, 4.69) is 21.3 Å². The molecule has 0 bridgehead atoms. The van der Waals surface area contributed by atoms with Gasteiger partial charge >= 0.3 is 5.97 Å². The predicted octanol–water partition coefficient (Wildman–Crippen LogP) is -0.736. The van der Waals surface area contributed by atoms with E-state index < -0.39 is 54.5 Å². The zero-order valence-electron chi connectivity index (χ0n) is 19.4. The summed E-state index contributed by atoms with van der Waals surface area (Å²) in [5.74, 6) is -3.07. The molecule has 1 aromatic rings. The van der Waals surface area contributed by atoms with Crippen LogP contribution in [0.15, 0.2) is 24.3 Å². The Labute approximate surface area is 198 Å². The number of carbonyl (C=O) groups excluding carboxylic acids is 3.